The molecule has 0 aromatic heterocycles. The number of halogens is 1. The maximum atomic E-state index is 11.9. The summed E-state index contributed by atoms with van der Waals surface area (Å²) in [6.07, 6.45) is 0.717. The first-order valence-corrected chi connectivity index (χ1v) is 7.28. The van der Waals surface area contributed by atoms with Crippen molar-refractivity contribution < 1.29 is 14.7 Å². The van der Waals surface area contributed by atoms with Gasteiger partial charge in [-0.1, -0.05) is 37.6 Å². The zero-order valence-corrected chi connectivity index (χ0v) is 13.0. The van der Waals surface area contributed by atoms with Crippen LogP contribution in [0.1, 0.15) is 26.7 Å². The van der Waals surface area contributed by atoms with E-state index in [9.17, 15) is 9.59 Å². The van der Waals surface area contributed by atoms with Crippen molar-refractivity contribution in [2.24, 2.45) is 5.92 Å². The third-order valence-corrected chi connectivity index (χ3v) is 3.28. The highest BCUT2D eigenvalue weighted by Crippen LogP contribution is 2.20. The van der Waals surface area contributed by atoms with Crippen LogP contribution in [0, 0.1) is 5.92 Å². The second-order valence-electron chi connectivity index (χ2n) is 5.26. The van der Waals surface area contributed by atoms with E-state index in [1.54, 1.807) is 24.3 Å². The van der Waals surface area contributed by atoms with E-state index in [1.165, 1.54) is 0 Å². The third-order valence-electron chi connectivity index (χ3n) is 2.95. The van der Waals surface area contributed by atoms with Gasteiger partial charge in [-0.05, 0) is 31.0 Å². The first kappa shape index (κ1) is 17.5. The number of rotatable bonds is 8. The van der Waals surface area contributed by atoms with Crippen LogP contribution in [0.5, 0.6) is 0 Å². The Bertz CT molecular complexity index is 492. The van der Waals surface area contributed by atoms with E-state index >= 15 is 0 Å². The number of carboxylic acid groups (broad SMARTS) is 1. The highest BCUT2D eigenvalue weighted by atomic mass is 35.5. The second-order valence-corrected chi connectivity index (χ2v) is 5.67. The number of benzene rings is 1. The number of carbonyl (C=O) groups excluding carboxylic acids is 1. The van der Waals surface area contributed by atoms with Gasteiger partial charge >= 0.3 is 5.97 Å². The molecule has 1 amide bonds. The Morgan fingerprint density at radius 3 is 2.52 bits per heavy atom. The zero-order chi connectivity index (χ0) is 15.8. The van der Waals surface area contributed by atoms with Crippen molar-refractivity contribution in [3.05, 3.63) is 29.3 Å². The first-order chi connectivity index (χ1) is 9.90. The predicted octanol–water partition coefficient (Wildman–Crippen LogP) is 2.76. The Morgan fingerprint density at radius 1 is 1.29 bits per heavy atom. The Kier molecular flexibility index (Phi) is 7.19. The van der Waals surface area contributed by atoms with Crippen molar-refractivity contribution >= 4 is 29.2 Å². The van der Waals surface area contributed by atoms with Crippen LogP contribution in [0.4, 0.5) is 5.69 Å². The lowest BCUT2D eigenvalue weighted by molar-refractivity contribution is -0.141. The molecule has 1 atom stereocenters. The van der Waals surface area contributed by atoms with Gasteiger partial charge in [-0.15, -0.1) is 0 Å². The molecule has 1 unspecified atom stereocenters. The molecule has 1 rings (SSSR count). The molecule has 0 fully saturated rings. The Labute approximate surface area is 129 Å². The minimum atomic E-state index is -1.03. The molecule has 0 aliphatic rings. The number of anilines is 1. The quantitative estimate of drug-likeness (QED) is 0.689. The van der Waals surface area contributed by atoms with Crippen LogP contribution >= 0.6 is 11.6 Å². The molecule has 116 valence electrons. The fourth-order valence-electron chi connectivity index (χ4n) is 1.74. The van der Waals surface area contributed by atoms with Gasteiger partial charge in [0.25, 0.3) is 0 Å². The molecule has 1 aromatic carbocycles. The molecular formula is C15H21ClN2O3. The summed E-state index contributed by atoms with van der Waals surface area (Å²) < 4.78 is 0. The Balaban J connectivity index is 2.53. The van der Waals surface area contributed by atoms with Gasteiger partial charge in [0, 0.05) is 0 Å². The molecule has 0 heterocycles. The van der Waals surface area contributed by atoms with Gasteiger partial charge in [-0.2, -0.15) is 0 Å². The Hall–Kier alpha value is -1.59. The maximum absolute atomic E-state index is 11.9. The van der Waals surface area contributed by atoms with Crippen molar-refractivity contribution in [1.82, 2.24) is 5.32 Å². The highest BCUT2D eigenvalue weighted by molar-refractivity contribution is 6.33. The summed E-state index contributed by atoms with van der Waals surface area (Å²) in [5.74, 6) is -0.940. The van der Waals surface area contributed by atoms with E-state index in [0.29, 0.717) is 23.2 Å². The van der Waals surface area contributed by atoms with Crippen LogP contribution in [-0.4, -0.2) is 29.6 Å². The number of hydrogen-bond acceptors (Lipinski definition) is 3. The van der Waals surface area contributed by atoms with E-state index < -0.39 is 12.0 Å². The zero-order valence-electron chi connectivity index (χ0n) is 12.2. The van der Waals surface area contributed by atoms with Gasteiger partial charge in [0.05, 0.1) is 17.1 Å². The van der Waals surface area contributed by atoms with Crippen LogP contribution < -0.4 is 10.6 Å². The van der Waals surface area contributed by atoms with E-state index in [-0.39, 0.29) is 12.3 Å². The summed E-state index contributed by atoms with van der Waals surface area (Å²) in [7, 11) is 0. The molecule has 0 saturated carbocycles. The summed E-state index contributed by atoms with van der Waals surface area (Å²) >= 11 is 5.94. The van der Waals surface area contributed by atoms with Gasteiger partial charge in [-0.25, -0.2) is 0 Å². The molecule has 1 aromatic rings. The standard InChI is InChI=1S/C15H21ClN2O3/c1-10(2)7-8-17-13(15(20)21)9-14(19)18-12-6-4-3-5-11(12)16/h3-6,10,13,17H,7-9H2,1-2H3,(H,18,19)(H,20,21). The number of amides is 1. The molecular weight excluding hydrogens is 292 g/mol. The van der Waals surface area contributed by atoms with E-state index in [1.807, 2.05) is 0 Å². The number of carbonyl (C=O) groups is 2. The lowest BCUT2D eigenvalue weighted by Gasteiger charge is -2.15. The molecule has 3 N–H and O–H groups in total. The molecule has 0 aliphatic carbocycles. The molecule has 0 saturated heterocycles. The van der Waals surface area contributed by atoms with Gasteiger partial charge in [0.15, 0.2) is 0 Å². The number of para-hydroxylation sites is 1. The second kappa shape index (κ2) is 8.64. The summed E-state index contributed by atoms with van der Waals surface area (Å²) in [5.41, 5.74) is 0.482. The monoisotopic (exact) mass is 312 g/mol. The van der Waals surface area contributed by atoms with Crippen molar-refractivity contribution in [2.45, 2.75) is 32.7 Å². The highest BCUT2D eigenvalue weighted by Gasteiger charge is 2.21. The molecule has 21 heavy (non-hydrogen) atoms. The molecule has 0 aliphatic heterocycles. The minimum absolute atomic E-state index is 0.140. The van der Waals surface area contributed by atoms with Crippen LogP contribution in [0.15, 0.2) is 24.3 Å². The number of carboxylic acids is 1. The summed E-state index contributed by atoms with van der Waals surface area (Å²) in [6, 6.07) is 5.93. The first-order valence-electron chi connectivity index (χ1n) is 6.90. The summed E-state index contributed by atoms with van der Waals surface area (Å²) in [4.78, 5) is 23.1. The van der Waals surface area contributed by atoms with Gasteiger partial charge in [0.1, 0.15) is 6.04 Å². The summed E-state index contributed by atoms with van der Waals surface area (Å²) in [5, 5.41) is 15.1. The van der Waals surface area contributed by atoms with Gasteiger partial charge < -0.3 is 15.7 Å². The van der Waals surface area contributed by atoms with Gasteiger partial charge in [-0.3, -0.25) is 9.59 Å². The smallest absolute Gasteiger partial charge is 0.321 e. The van der Waals surface area contributed by atoms with Gasteiger partial charge in [0.2, 0.25) is 5.91 Å². The fraction of sp³-hybridized carbons (Fsp3) is 0.467. The Morgan fingerprint density at radius 2 is 1.95 bits per heavy atom. The molecule has 6 heteroatoms. The SMILES string of the molecule is CC(C)CCNC(CC(=O)Nc1ccccc1Cl)C(=O)O. The van der Waals surface area contributed by atoms with Crippen molar-refractivity contribution in [1.29, 1.82) is 0 Å². The third kappa shape index (κ3) is 6.60. The van der Waals surface area contributed by atoms with Crippen LogP contribution in [0.2, 0.25) is 5.02 Å². The average Bonchev–Trinajstić information content (AvgIpc) is 2.39. The van der Waals surface area contributed by atoms with Crippen molar-refractivity contribution in [3.63, 3.8) is 0 Å². The van der Waals surface area contributed by atoms with Crippen molar-refractivity contribution in [2.75, 3.05) is 11.9 Å². The average molecular weight is 313 g/mol. The van der Waals surface area contributed by atoms with Crippen LogP contribution in [0.25, 0.3) is 0 Å². The number of nitrogens with one attached hydrogen (secondary N) is 2. The molecule has 5 nitrogen and oxygen atoms in total. The van der Waals surface area contributed by atoms with E-state index in [0.717, 1.165) is 6.42 Å². The largest absolute Gasteiger partial charge is 0.480 e. The topological polar surface area (TPSA) is 78.4 Å². The van der Waals surface area contributed by atoms with E-state index in [4.69, 9.17) is 16.7 Å². The summed E-state index contributed by atoms with van der Waals surface area (Å²) in [6.45, 7) is 4.68. The molecule has 0 bridgehead atoms. The van der Waals surface area contributed by atoms with E-state index in [2.05, 4.69) is 24.5 Å². The van der Waals surface area contributed by atoms with Crippen LogP contribution in [0.3, 0.4) is 0 Å². The lowest BCUT2D eigenvalue weighted by atomic mass is 10.1. The van der Waals surface area contributed by atoms with Crippen LogP contribution in [-0.2, 0) is 9.59 Å². The molecule has 0 radical (unpaired) electrons. The fourth-order valence-corrected chi connectivity index (χ4v) is 1.93. The normalized spacial score (nSPS) is 12.2. The number of aliphatic carboxylic acids is 1. The molecule has 0 spiro atoms. The number of hydrogen-bond donors (Lipinski definition) is 3. The predicted molar refractivity (Wildman–Crippen MR) is 83.6 cm³/mol. The maximum Gasteiger partial charge on any atom is 0.321 e. The lowest BCUT2D eigenvalue weighted by Crippen LogP contribution is -2.40. The minimum Gasteiger partial charge on any atom is -0.480 e. The van der Waals surface area contributed by atoms with Crippen molar-refractivity contribution in [3.8, 4) is 0 Å².